The maximum atomic E-state index is 13.0. The van der Waals surface area contributed by atoms with Gasteiger partial charge in [0.05, 0.1) is 28.2 Å². The largest absolute Gasteiger partial charge is 0.489 e. The lowest BCUT2D eigenvalue weighted by molar-refractivity contribution is 0.0926. The molecule has 1 atom stereocenters. The quantitative estimate of drug-likeness (QED) is 0.537. The number of hydrogen-bond acceptors (Lipinski definition) is 4. The summed E-state index contributed by atoms with van der Waals surface area (Å²) in [4.78, 5) is 13.0. The predicted octanol–water partition coefficient (Wildman–Crippen LogP) is 3.70. The number of fused-ring (bicyclic) bond motifs is 3. The number of aromatic nitrogens is 3. The first-order valence-electron chi connectivity index (χ1n) is 8.68. The van der Waals surface area contributed by atoms with Gasteiger partial charge < -0.3 is 9.84 Å². The first-order chi connectivity index (χ1) is 13.4. The highest BCUT2D eigenvalue weighted by atomic mass is 35.5. The topological polar surface area (TPSA) is 68.8 Å². The third kappa shape index (κ3) is 3.46. The molecule has 0 saturated carbocycles. The summed E-state index contributed by atoms with van der Waals surface area (Å²) in [5.41, 5.74) is 1.92. The second-order valence-electron chi connectivity index (χ2n) is 6.53. The van der Waals surface area contributed by atoms with E-state index in [-0.39, 0.29) is 18.7 Å². The number of nitrogens with zero attached hydrogens (tertiary/aromatic N) is 3. The summed E-state index contributed by atoms with van der Waals surface area (Å²) >= 11 is 12.0. The van der Waals surface area contributed by atoms with Crippen LogP contribution in [0.4, 0.5) is 0 Å². The SMILES string of the molecule is Cc1cc2n(CC(O)COc3cc(Cl)ccc3Cl)c(=O)c3ccccc3n2n1. The molecule has 1 N–H and O–H groups in total. The van der Waals surface area contributed by atoms with Crippen LogP contribution in [0.2, 0.25) is 10.0 Å². The van der Waals surface area contributed by atoms with Gasteiger partial charge in [0.1, 0.15) is 24.1 Å². The lowest BCUT2D eigenvalue weighted by atomic mass is 10.2. The molecule has 0 saturated heterocycles. The smallest absolute Gasteiger partial charge is 0.261 e. The van der Waals surface area contributed by atoms with Gasteiger partial charge in [0.25, 0.3) is 5.56 Å². The van der Waals surface area contributed by atoms with Gasteiger partial charge in [0, 0.05) is 17.2 Å². The fraction of sp³-hybridized carbons (Fsp3) is 0.200. The van der Waals surface area contributed by atoms with Crippen LogP contribution in [0.15, 0.2) is 53.3 Å². The molecule has 0 aliphatic rings. The number of halogens is 2. The van der Waals surface area contributed by atoms with Crippen LogP contribution in [0, 0.1) is 6.92 Å². The normalized spacial score (nSPS) is 12.6. The molecule has 0 aliphatic carbocycles. The summed E-state index contributed by atoms with van der Waals surface area (Å²) in [6.07, 6.45) is -0.937. The summed E-state index contributed by atoms with van der Waals surface area (Å²) in [6, 6.07) is 13.9. The Kier molecular flexibility index (Phi) is 5.02. The number of hydrogen-bond donors (Lipinski definition) is 1. The van der Waals surface area contributed by atoms with Gasteiger partial charge in [0.2, 0.25) is 0 Å². The molecular formula is C20H17Cl2N3O3. The van der Waals surface area contributed by atoms with Crippen LogP contribution in [0.3, 0.4) is 0 Å². The van der Waals surface area contributed by atoms with Crippen LogP contribution in [0.25, 0.3) is 16.6 Å². The first-order valence-corrected chi connectivity index (χ1v) is 9.43. The summed E-state index contributed by atoms with van der Waals surface area (Å²) in [7, 11) is 0. The van der Waals surface area contributed by atoms with Crippen LogP contribution in [-0.2, 0) is 6.54 Å². The minimum atomic E-state index is -0.937. The standard InChI is InChI=1S/C20H17Cl2N3O3/c1-12-8-19-24(20(27)15-4-2-3-5-17(15)25(19)23-12)10-14(26)11-28-18-9-13(21)6-7-16(18)22/h2-9,14,26H,10-11H2,1H3. The van der Waals surface area contributed by atoms with Crippen LogP contribution in [-0.4, -0.2) is 32.0 Å². The van der Waals surface area contributed by atoms with Gasteiger partial charge in [-0.1, -0.05) is 35.3 Å². The minimum absolute atomic E-state index is 0.0430. The number of aliphatic hydroxyl groups is 1. The number of aryl methyl sites for hydroxylation is 1. The van der Waals surface area contributed by atoms with Gasteiger partial charge in [-0.15, -0.1) is 0 Å². The van der Waals surface area contributed by atoms with Crippen molar-refractivity contribution in [3.63, 3.8) is 0 Å². The number of aliphatic hydroxyl groups excluding tert-OH is 1. The third-order valence-electron chi connectivity index (χ3n) is 4.41. The van der Waals surface area contributed by atoms with Crippen LogP contribution in [0.1, 0.15) is 5.69 Å². The van der Waals surface area contributed by atoms with Crippen molar-refractivity contribution in [1.82, 2.24) is 14.2 Å². The Bertz CT molecular complexity index is 1230. The Hall–Kier alpha value is -2.54. The highest BCUT2D eigenvalue weighted by Gasteiger charge is 2.16. The fourth-order valence-corrected chi connectivity index (χ4v) is 3.49. The highest BCUT2D eigenvalue weighted by Crippen LogP contribution is 2.27. The van der Waals surface area contributed by atoms with E-state index in [0.29, 0.717) is 26.8 Å². The summed E-state index contributed by atoms with van der Waals surface area (Å²) in [6.45, 7) is 1.87. The van der Waals surface area contributed by atoms with E-state index in [1.807, 2.05) is 25.1 Å². The number of ether oxygens (including phenoxy) is 1. The second kappa shape index (κ2) is 7.47. The van der Waals surface area contributed by atoms with Crippen molar-refractivity contribution in [3.05, 3.63) is 74.6 Å². The molecule has 6 nitrogen and oxygen atoms in total. The zero-order valence-electron chi connectivity index (χ0n) is 15.0. The number of benzene rings is 2. The van der Waals surface area contributed by atoms with Crippen molar-refractivity contribution in [2.45, 2.75) is 19.6 Å². The van der Waals surface area contributed by atoms with Gasteiger partial charge in [-0.2, -0.15) is 5.10 Å². The molecule has 0 bridgehead atoms. The molecule has 28 heavy (non-hydrogen) atoms. The molecule has 2 aromatic carbocycles. The monoisotopic (exact) mass is 417 g/mol. The number of rotatable bonds is 5. The van der Waals surface area contributed by atoms with Crippen molar-refractivity contribution in [2.24, 2.45) is 0 Å². The molecule has 0 spiro atoms. The molecule has 4 rings (SSSR count). The van der Waals surface area contributed by atoms with E-state index in [1.54, 1.807) is 34.8 Å². The van der Waals surface area contributed by atoms with E-state index >= 15 is 0 Å². The zero-order chi connectivity index (χ0) is 19.8. The zero-order valence-corrected chi connectivity index (χ0v) is 16.5. The van der Waals surface area contributed by atoms with Crippen molar-refractivity contribution in [2.75, 3.05) is 6.61 Å². The molecule has 144 valence electrons. The molecule has 0 fully saturated rings. The Labute approximate surface area is 170 Å². The Morgan fingerprint density at radius 2 is 1.96 bits per heavy atom. The van der Waals surface area contributed by atoms with Crippen molar-refractivity contribution >= 4 is 39.8 Å². The Balaban J connectivity index is 1.66. The van der Waals surface area contributed by atoms with Crippen LogP contribution in [0.5, 0.6) is 5.75 Å². The highest BCUT2D eigenvalue weighted by molar-refractivity contribution is 6.34. The lowest BCUT2D eigenvalue weighted by Gasteiger charge is -2.16. The molecule has 1 unspecified atom stereocenters. The van der Waals surface area contributed by atoms with Gasteiger partial charge >= 0.3 is 0 Å². The first kappa shape index (κ1) is 18.8. The average Bonchev–Trinajstić information content (AvgIpc) is 3.07. The molecule has 0 radical (unpaired) electrons. The van der Waals surface area contributed by atoms with Crippen molar-refractivity contribution < 1.29 is 9.84 Å². The molecular weight excluding hydrogens is 401 g/mol. The minimum Gasteiger partial charge on any atom is -0.489 e. The van der Waals surface area contributed by atoms with Crippen LogP contribution >= 0.6 is 23.2 Å². The lowest BCUT2D eigenvalue weighted by Crippen LogP contribution is -2.31. The predicted molar refractivity (Wildman–Crippen MR) is 110 cm³/mol. The van der Waals surface area contributed by atoms with Crippen LogP contribution < -0.4 is 10.3 Å². The molecule has 8 heteroatoms. The van der Waals surface area contributed by atoms with E-state index in [9.17, 15) is 9.90 Å². The van der Waals surface area contributed by atoms with Gasteiger partial charge in [-0.05, 0) is 31.2 Å². The van der Waals surface area contributed by atoms with Gasteiger partial charge in [-0.25, -0.2) is 4.52 Å². The summed E-state index contributed by atoms with van der Waals surface area (Å²) in [5.74, 6) is 0.379. The van der Waals surface area contributed by atoms with Gasteiger partial charge in [-0.3, -0.25) is 9.36 Å². The van der Waals surface area contributed by atoms with E-state index < -0.39 is 6.10 Å². The maximum Gasteiger partial charge on any atom is 0.261 e. The summed E-state index contributed by atoms with van der Waals surface area (Å²) in [5, 5.41) is 16.4. The molecule has 2 heterocycles. The van der Waals surface area contributed by atoms with E-state index in [4.69, 9.17) is 27.9 Å². The molecule has 4 aromatic rings. The molecule has 2 aromatic heterocycles. The molecule has 0 amide bonds. The van der Waals surface area contributed by atoms with E-state index in [0.717, 1.165) is 11.2 Å². The third-order valence-corrected chi connectivity index (χ3v) is 4.96. The van der Waals surface area contributed by atoms with Gasteiger partial charge in [0.15, 0.2) is 0 Å². The second-order valence-corrected chi connectivity index (χ2v) is 7.37. The molecule has 0 aliphatic heterocycles. The number of para-hydroxylation sites is 1. The van der Waals surface area contributed by atoms with Crippen molar-refractivity contribution in [1.29, 1.82) is 0 Å². The van der Waals surface area contributed by atoms with E-state index in [1.165, 1.54) is 4.57 Å². The Morgan fingerprint density at radius 1 is 1.18 bits per heavy atom. The maximum absolute atomic E-state index is 13.0. The van der Waals surface area contributed by atoms with E-state index in [2.05, 4.69) is 5.10 Å². The Morgan fingerprint density at radius 3 is 2.79 bits per heavy atom. The fourth-order valence-electron chi connectivity index (χ4n) is 3.16. The summed E-state index contributed by atoms with van der Waals surface area (Å²) < 4.78 is 8.82. The average molecular weight is 418 g/mol. The van der Waals surface area contributed by atoms with Crippen molar-refractivity contribution in [3.8, 4) is 5.75 Å².